The molecule has 2 aromatic rings. The number of rotatable bonds is 5. The number of ether oxygens (including phenoxy) is 1. The third-order valence-electron chi connectivity index (χ3n) is 3.14. The molecule has 0 spiro atoms. The van der Waals surface area contributed by atoms with Gasteiger partial charge >= 0.3 is 0 Å². The van der Waals surface area contributed by atoms with Crippen LogP contribution in [0.25, 0.3) is 0 Å². The summed E-state index contributed by atoms with van der Waals surface area (Å²) in [5, 5.41) is 2.02. The van der Waals surface area contributed by atoms with E-state index < -0.39 is 0 Å². The minimum atomic E-state index is -0.108. The molecule has 0 aliphatic heterocycles. The van der Waals surface area contributed by atoms with Gasteiger partial charge in [-0.05, 0) is 34.9 Å². The van der Waals surface area contributed by atoms with Gasteiger partial charge in [-0.3, -0.25) is 0 Å². The van der Waals surface area contributed by atoms with E-state index in [0.29, 0.717) is 5.92 Å². The van der Waals surface area contributed by atoms with Crippen LogP contribution in [0.3, 0.4) is 0 Å². The second-order valence-electron chi connectivity index (χ2n) is 5.17. The molecule has 0 amide bonds. The Morgan fingerprint density at radius 2 is 1.84 bits per heavy atom. The summed E-state index contributed by atoms with van der Waals surface area (Å²) in [6, 6.07) is 10.5. The van der Waals surface area contributed by atoms with Gasteiger partial charge in [-0.1, -0.05) is 38.1 Å². The molecule has 1 heterocycles. The first-order chi connectivity index (χ1) is 9.11. The number of nitrogens with two attached hydrogens (primary N) is 1. The van der Waals surface area contributed by atoms with E-state index >= 15 is 0 Å². The van der Waals surface area contributed by atoms with Gasteiger partial charge in [0.2, 0.25) is 0 Å². The Morgan fingerprint density at radius 3 is 2.42 bits per heavy atom. The molecule has 2 rings (SSSR count). The van der Waals surface area contributed by atoms with Crippen molar-refractivity contribution in [1.82, 2.24) is 0 Å². The molecular weight excluding hydrogens is 254 g/mol. The predicted octanol–water partition coefficient (Wildman–Crippen LogP) is 4.00. The van der Waals surface area contributed by atoms with Crippen molar-refractivity contribution in [3.63, 3.8) is 0 Å². The van der Waals surface area contributed by atoms with Gasteiger partial charge in [0, 0.05) is 0 Å². The first-order valence-corrected chi connectivity index (χ1v) is 7.45. The van der Waals surface area contributed by atoms with Crippen LogP contribution in [0.1, 0.15) is 35.9 Å². The molecule has 1 atom stereocenters. The van der Waals surface area contributed by atoms with Crippen molar-refractivity contribution < 1.29 is 4.74 Å². The van der Waals surface area contributed by atoms with Crippen LogP contribution in [0.4, 0.5) is 0 Å². The quantitative estimate of drug-likeness (QED) is 0.895. The lowest BCUT2D eigenvalue weighted by molar-refractivity contribution is 0.411. The minimum Gasteiger partial charge on any atom is -0.496 e. The number of benzene rings is 1. The van der Waals surface area contributed by atoms with E-state index in [0.717, 1.165) is 22.6 Å². The number of thiophene rings is 1. The summed E-state index contributed by atoms with van der Waals surface area (Å²) in [7, 11) is 1.68. The molecule has 19 heavy (non-hydrogen) atoms. The molecule has 102 valence electrons. The van der Waals surface area contributed by atoms with E-state index in [2.05, 4.69) is 38.1 Å². The van der Waals surface area contributed by atoms with Gasteiger partial charge in [-0.25, -0.2) is 0 Å². The zero-order valence-corrected chi connectivity index (χ0v) is 12.5. The number of hydrogen-bond donors (Lipinski definition) is 1. The van der Waals surface area contributed by atoms with Crippen molar-refractivity contribution >= 4 is 11.3 Å². The zero-order chi connectivity index (χ0) is 13.8. The highest BCUT2D eigenvalue weighted by Gasteiger charge is 2.15. The molecule has 0 radical (unpaired) electrons. The minimum absolute atomic E-state index is 0.108. The smallest absolute Gasteiger partial charge is 0.134 e. The van der Waals surface area contributed by atoms with Gasteiger partial charge < -0.3 is 10.5 Å². The third kappa shape index (κ3) is 3.37. The Morgan fingerprint density at radius 1 is 1.16 bits per heavy atom. The first kappa shape index (κ1) is 14.1. The lowest BCUT2D eigenvalue weighted by Crippen LogP contribution is -2.11. The third-order valence-corrected chi connectivity index (χ3v) is 4.12. The summed E-state index contributed by atoms with van der Waals surface area (Å²) < 4.78 is 5.33. The van der Waals surface area contributed by atoms with Crippen LogP contribution in [0.15, 0.2) is 35.7 Å². The van der Waals surface area contributed by atoms with E-state index in [4.69, 9.17) is 10.5 Å². The molecule has 1 aromatic heterocycles. The maximum atomic E-state index is 6.32. The SMILES string of the molecule is COc1ccsc1C(N)c1ccc(CC(C)C)cc1. The normalized spacial score (nSPS) is 12.7. The van der Waals surface area contributed by atoms with E-state index in [1.807, 2.05) is 11.4 Å². The molecule has 0 aliphatic rings. The zero-order valence-electron chi connectivity index (χ0n) is 11.7. The molecule has 0 aliphatic carbocycles. The topological polar surface area (TPSA) is 35.2 Å². The molecule has 0 fully saturated rings. The van der Waals surface area contributed by atoms with E-state index in [1.165, 1.54) is 5.56 Å². The van der Waals surface area contributed by atoms with Gasteiger partial charge in [0.1, 0.15) is 5.75 Å². The van der Waals surface area contributed by atoms with Crippen molar-refractivity contribution in [1.29, 1.82) is 0 Å². The van der Waals surface area contributed by atoms with Crippen LogP contribution in [0.5, 0.6) is 5.75 Å². The average Bonchev–Trinajstić information content (AvgIpc) is 2.86. The Balaban J connectivity index is 2.18. The van der Waals surface area contributed by atoms with Gasteiger partial charge in [0.05, 0.1) is 18.0 Å². The van der Waals surface area contributed by atoms with Crippen LogP contribution < -0.4 is 10.5 Å². The van der Waals surface area contributed by atoms with Gasteiger partial charge in [-0.15, -0.1) is 11.3 Å². The monoisotopic (exact) mass is 275 g/mol. The van der Waals surface area contributed by atoms with E-state index in [9.17, 15) is 0 Å². The second-order valence-corrected chi connectivity index (χ2v) is 6.12. The Hall–Kier alpha value is -1.32. The largest absolute Gasteiger partial charge is 0.496 e. The van der Waals surface area contributed by atoms with Crippen LogP contribution in [-0.4, -0.2) is 7.11 Å². The predicted molar refractivity (Wildman–Crippen MR) is 81.9 cm³/mol. The molecule has 0 bridgehead atoms. The fraction of sp³-hybridized carbons (Fsp3) is 0.375. The maximum absolute atomic E-state index is 6.32. The van der Waals surface area contributed by atoms with E-state index in [1.54, 1.807) is 18.4 Å². The Kier molecular flexibility index (Phi) is 4.61. The highest BCUT2D eigenvalue weighted by atomic mass is 32.1. The summed E-state index contributed by atoms with van der Waals surface area (Å²) in [6.07, 6.45) is 1.11. The van der Waals surface area contributed by atoms with Crippen molar-refractivity contribution in [3.05, 3.63) is 51.7 Å². The molecule has 2 N–H and O–H groups in total. The number of methoxy groups -OCH3 is 1. The fourth-order valence-electron chi connectivity index (χ4n) is 2.19. The van der Waals surface area contributed by atoms with Crippen LogP contribution >= 0.6 is 11.3 Å². The lowest BCUT2D eigenvalue weighted by atomic mass is 9.99. The molecule has 1 aromatic carbocycles. The van der Waals surface area contributed by atoms with E-state index in [-0.39, 0.29) is 6.04 Å². The summed E-state index contributed by atoms with van der Waals surface area (Å²) in [5.41, 5.74) is 8.82. The van der Waals surface area contributed by atoms with Gasteiger partial charge in [-0.2, -0.15) is 0 Å². The molecule has 2 nitrogen and oxygen atoms in total. The molecule has 0 saturated carbocycles. The van der Waals surface area contributed by atoms with Crippen molar-refractivity contribution in [2.45, 2.75) is 26.3 Å². The number of hydrogen-bond acceptors (Lipinski definition) is 3. The van der Waals surface area contributed by atoms with Crippen molar-refractivity contribution in [2.24, 2.45) is 11.7 Å². The van der Waals surface area contributed by atoms with Gasteiger partial charge in [0.15, 0.2) is 0 Å². The maximum Gasteiger partial charge on any atom is 0.134 e. The van der Waals surface area contributed by atoms with Crippen LogP contribution in [-0.2, 0) is 6.42 Å². The summed E-state index contributed by atoms with van der Waals surface area (Å²) >= 11 is 1.64. The highest BCUT2D eigenvalue weighted by Crippen LogP contribution is 2.33. The van der Waals surface area contributed by atoms with Crippen molar-refractivity contribution in [3.8, 4) is 5.75 Å². The Bertz CT molecular complexity index is 516. The standard InChI is InChI=1S/C16H21NOS/c1-11(2)10-12-4-6-13(7-5-12)15(17)16-14(18-3)8-9-19-16/h4-9,11,15H,10,17H2,1-3H3. The molecule has 3 heteroatoms. The fourth-order valence-corrected chi connectivity index (χ4v) is 3.08. The summed E-state index contributed by atoms with van der Waals surface area (Å²) in [5.74, 6) is 1.56. The lowest BCUT2D eigenvalue weighted by Gasteiger charge is -2.13. The Labute approximate surface area is 119 Å². The first-order valence-electron chi connectivity index (χ1n) is 6.57. The molecule has 1 unspecified atom stereocenters. The van der Waals surface area contributed by atoms with Crippen LogP contribution in [0, 0.1) is 5.92 Å². The summed E-state index contributed by atoms with van der Waals surface area (Å²) in [6.45, 7) is 4.46. The molecule has 0 saturated heterocycles. The van der Waals surface area contributed by atoms with Crippen LogP contribution in [0.2, 0.25) is 0 Å². The van der Waals surface area contributed by atoms with Crippen molar-refractivity contribution in [2.75, 3.05) is 7.11 Å². The average molecular weight is 275 g/mol. The molecular formula is C16H21NOS. The summed E-state index contributed by atoms with van der Waals surface area (Å²) in [4.78, 5) is 1.08. The second kappa shape index (κ2) is 6.22. The highest BCUT2D eigenvalue weighted by molar-refractivity contribution is 7.10. The van der Waals surface area contributed by atoms with Gasteiger partial charge in [0.25, 0.3) is 0 Å².